The van der Waals surface area contributed by atoms with E-state index in [-0.39, 0.29) is 5.69 Å². The number of anilines is 1. The summed E-state index contributed by atoms with van der Waals surface area (Å²) in [5.74, 6) is -0.507. The first-order valence-corrected chi connectivity index (χ1v) is 5.20. The van der Waals surface area contributed by atoms with Gasteiger partial charge >= 0.3 is 5.97 Å². The summed E-state index contributed by atoms with van der Waals surface area (Å²) in [6, 6.07) is 3.52. The second-order valence-corrected chi connectivity index (χ2v) is 3.52. The van der Waals surface area contributed by atoms with Gasteiger partial charge in [0.05, 0.1) is 25.2 Å². The van der Waals surface area contributed by atoms with Gasteiger partial charge in [-0.15, -0.1) is 0 Å². The van der Waals surface area contributed by atoms with Crippen LogP contribution in [0.3, 0.4) is 0 Å². The van der Waals surface area contributed by atoms with E-state index >= 15 is 0 Å². The summed E-state index contributed by atoms with van der Waals surface area (Å²) in [6.07, 6.45) is 3.09. The molecule has 0 amide bonds. The quantitative estimate of drug-likeness (QED) is 0.733. The zero-order valence-electron chi connectivity index (χ0n) is 9.67. The van der Waals surface area contributed by atoms with Crippen LogP contribution in [0.5, 0.6) is 5.88 Å². The van der Waals surface area contributed by atoms with Crippen molar-refractivity contribution in [2.45, 2.75) is 6.54 Å². The number of aromatic nitrogens is 3. The molecule has 0 aliphatic rings. The Labute approximate surface area is 103 Å². The predicted octanol–water partition coefficient (Wildman–Crippen LogP) is 1.12. The minimum atomic E-state index is -1.03. The SMILES string of the molecule is COc1ccc(NCc2cn[nH]c2C(=O)O)cn1. The van der Waals surface area contributed by atoms with Gasteiger partial charge in [-0.3, -0.25) is 5.10 Å². The van der Waals surface area contributed by atoms with Gasteiger partial charge in [0.25, 0.3) is 0 Å². The number of nitrogens with zero attached hydrogens (tertiary/aromatic N) is 2. The fraction of sp³-hybridized carbons (Fsp3) is 0.182. The number of rotatable bonds is 5. The number of aromatic carboxylic acids is 1. The minimum absolute atomic E-state index is 0.0870. The largest absolute Gasteiger partial charge is 0.481 e. The molecule has 0 aromatic carbocycles. The molecule has 94 valence electrons. The number of carboxylic acids is 1. The molecular formula is C11H12N4O3. The fourth-order valence-corrected chi connectivity index (χ4v) is 1.43. The third kappa shape index (κ3) is 2.57. The molecule has 2 aromatic rings. The lowest BCUT2D eigenvalue weighted by atomic mass is 10.2. The Morgan fingerprint density at radius 3 is 2.94 bits per heavy atom. The van der Waals surface area contributed by atoms with Crippen molar-refractivity contribution in [3.05, 3.63) is 35.8 Å². The van der Waals surface area contributed by atoms with Gasteiger partial charge in [0.2, 0.25) is 5.88 Å². The number of ether oxygens (including phenoxy) is 1. The summed E-state index contributed by atoms with van der Waals surface area (Å²) in [5.41, 5.74) is 1.44. The molecule has 0 fully saturated rings. The van der Waals surface area contributed by atoms with Crippen molar-refractivity contribution in [1.82, 2.24) is 15.2 Å². The third-order valence-corrected chi connectivity index (χ3v) is 2.36. The molecule has 3 N–H and O–H groups in total. The second-order valence-electron chi connectivity index (χ2n) is 3.52. The Hall–Kier alpha value is -2.57. The molecular weight excluding hydrogens is 236 g/mol. The van der Waals surface area contributed by atoms with Crippen LogP contribution in [0.1, 0.15) is 16.1 Å². The maximum atomic E-state index is 10.8. The van der Waals surface area contributed by atoms with E-state index in [0.717, 1.165) is 5.69 Å². The summed E-state index contributed by atoms with van der Waals surface area (Å²) < 4.78 is 4.94. The molecule has 2 heterocycles. The third-order valence-electron chi connectivity index (χ3n) is 2.36. The normalized spacial score (nSPS) is 10.1. The Morgan fingerprint density at radius 2 is 2.33 bits per heavy atom. The number of H-pyrrole nitrogens is 1. The van der Waals surface area contributed by atoms with Crippen LogP contribution in [-0.2, 0) is 6.54 Å². The summed E-state index contributed by atoms with van der Waals surface area (Å²) in [5, 5.41) is 18.1. The first-order chi connectivity index (χ1) is 8.70. The topological polar surface area (TPSA) is 100 Å². The van der Waals surface area contributed by atoms with Crippen molar-refractivity contribution >= 4 is 11.7 Å². The van der Waals surface area contributed by atoms with E-state index in [2.05, 4.69) is 20.5 Å². The average Bonchev–Trinajstić information content (AvgIpc) is 2.85. The molecule has 0 radical (unpaired) electrons. The highest BCUT2D eigenvalue weighted by Crippen LogP contribution is 2.13. The highest BCUT2D eigenvalue weighted by Gasteiger charge is 2.11. The van der Waals surface area contributed by atoms with Crippen LogP contribution in [0, 0.1) is 0 Å². The van der Waals surface area contributed by atoms with E-state index in [9.17, 15) is 4.79 Å². The molecule has 0 unspecified atom stereocenters. The van der Waals surface area contributed by atoms with Crippen molar-refractivity contribution in [3.63, 3.8) is 0 Å². The number of aromatic amines is 1. The van der Waals surface area contributed by atoms with Crippen molar-refractivity contribution in [2.75, 3.05) is 12.4 Å². The highest BCUT2D eigenvalue weighted by atomic mass is 16.5. The Bertz CT molecular complexity index is 535. The lowest BCUT2D eigenvalue weighted by molar-refractivity contribution is 0.0689. The van der Waals surface area contributed by atoms with Gasteiger partial charge in [0.1, 0.15) is 5.69 Å². The van der Waals surface area contributed by atoms with Gasteiger partial charge in [-0.05, 0) is 6.07 Å². The van der Waals surface area contributed by atoms with Gasteiger partial charge < -0.3 is 15.2 Å². The standard InChI is InChI=1S/C11H12N4O3/c1-18-9-3-2-8(6-13-9)12-4-7-5-14-15-10(7)11(16)17/h2-3,5-6,12H,4H2,1H3,(H,14,15)(H,16,17). The smallest absolute Gasteiger partial charge is 0.354 e. The molecule has 2 aromatic heterocycles. The van der Waals surface area contributed by atoms with Crippen molar-refractivity contribution < 1.29 is 14.6 Å². The summed E-state index contributed by atoms with van der Waals surface area (Å²) in [6.45, 7) is 0.353. The number of nitrogens with one attached hydrogen (secondary N) is 2. The van der Waals surface area contributed by atoms with E-state index in [1.165, 1.54) is 6.20 Å². The average molecular weight is 248 g/mol. The van der Waals surface area contributed by atoms with Crippen LogP contribution < -0.4 is 10.1 Å². The van der Waals surface area contributed by atoms with Crippen LogP contribution in [0.4, 0.5) is 5.69 Å². The molecule has 7 nitrogen and oxygen atoms in total. The zero-order chi connectivity index (χ0) is 13.0. The van der Waals surface area contributed by atoms with Gasteiger partial charge in [-0.1, -0.05) is 0 Å². The van der Waals surface area contributed by atoms with Crippen molar-refractivity contribution in [1.29, 1.82) is 0 Å². The molecule has 0 saturated heterocycles. The van der Waals surface area contributed by atoms with E-state index in [1.807, 2.05) is 0 Å². The number of methoxy groups -OCH3 is 1. The molecule has 0 bridgehead atoms. The predicted molar refractivity (Wildman–Crippen MR) is 63.7 cm³/mol. The van der Waals surface area contributed by atoms with Gasteiger partial charge in [0, 0.05) is 18.2 Å². The molecule has 0 aliphatic heterocycles. The van der Waals surface area contributed by atoms with E-state index in [1.54, 1.807) is 25.4 Å². The van der Waals surface area contributed by atoms with E-state index < -0.39 is 5.97 Å². The van der Waals surface area contributed by atoms with Crippen LogP contribution in [0.25, 0.3) is 0 Å². The first kappa shape index (κ1) is 11.9. The number of hydrogen-bond acceptors (Lipinski definition) is 5. The van der Waals surface area contributed by atoms with Crippen LogP contribution in [0.15, 0.2) is 24.5 Å². The number of carboxylic acid groups (broad SMARTS) is 1. The summed E-state index contributed by atoms with van der Waals surface area (Å²) >= 11 is 0. The molecule has 0 saturated carbocycles. The van der Waals surface area contributed by atoms with Gasteiger partial charge in [0.15, 0.2) is 0 Å². The van der Waals surface area contributed by atoms with Crippen LogP contribution >= 0.6 is 0 Å². The Balaban J connectivity index is 2.02. The lowest BCUT2D eigenvalue weighted by Crippen LogP contribution is -2.06. The van der Waals surface area contributed by atoms with E-state index in [0.29, 0.717) is 18.0 Å². The fourth-order valence-electron chi connectivity index (χ4n) is 1.43. The minimum Gasteiger partial charge on any atom is -0.481 e. The van der Waals surface area contributed by atoms with Crippen LogP contribution in [-0.4, -0.2) is 33.4 Å². The molecule has 0 atom stereocenters. The molecule has 7 heteroatoms. The summed E-state index contributed by atoms with van der Waals surface area (Å²) in [7, 11) is 1.54. The molecule has 0 aliphatic carbocycles. The van der Waals surface area contributed by atoms with E-state index in [4.69, 9.17) is 9.84 Å². The monoisotopic (exact) mass is 248 g/mol. The van der Waals surface area contributed by atoms with Crippen molar-refractivity contribution in [2.24, 2.45) is 0 Å². The Kier molecular flexibility index (Phi) is 3.42. The van der Waals surface area contributed by atoms with Crippen LogP contribution in [0.2, 0.25) is 0 Å². The maximum Gasteiger partial charge on any atom is 0.354 e. The number of hydrogen-bond donors (Lipinski definition) is 3. The maximum absolute atomic E-state index is 10.8. The van der Waals surface area contributed by atoms with Gasteiger partial charge in [-0.2, -0.15) is 5.10 Å². The summed E-state index contributed by atoms with van der Waals surface area (Å²) in [4.78, 5) is 14.9. The molecule has 0 spiro atoms. The van der Waals surface area contributed by atoms with Crippen molar-refractivity contribution in [3.8, 4) is 5.88 Å². The second kappa shape index (κ2) is 5.17. The zero-order valence-corrected chi connectivity index (χ0v) is 9.67. The lowest BCUT2D eigenvalue weighted by Gasteiger charge is -2.05. The Morgan fingerprint density at radius 1 is 1.50 bits per heavy atom. The number of carbonyl (C=O) groups is 1. The van der Waals surface area contributed by atoms with Gasteiger partial charge in [-0.25, -0.2) is 9.78 Å². The first-order valence-electron chi connectivity index (χ1n) is 5.20. The molecule has 18 heavy (non-hydrogen) atoms. The highest BCUT2D eigenvalue weighted by molar-refractivity contribution is 5.86. The molecule has 2 rings (SSSR count). The number of pyridine rings is 1.